The molecule has 2 N–H and O–H groups in total. The summed E-state index contributed by atoms with van der Waals surface area (Å²) in [6.45, 7) is -0.0101. The lowest BCUT2D eigenvalue weighted by Gasteiger charge is -2.30. The summed E-state index contributed by atoms with van der Waals surface area (Å²) in [6, 6.07) is 37.3. The predicted molar refractivity (Wildman–Crippen MR) is 146 cm³/mol. The van der Waals surface area contributed by atoms with E-state index in [2.05, 4.69) is 114 Å². The standard InChI is InChI=1S/C31H25BN2/c1-3-10-21(11-4-1)26-20-27(30(22-12-5-2-6-13-22)25-17-9-16-24(25)26)32-33-28-18-7-14-23-15-8-19-29(34-32)31(23)28/h1-8,10-15,18-20,33-34H,9,16-17H2. The minimum absolute atomic E-state index is 0.0101. The van der Waals surface area contributed by atoms with Gasteiger partial charge < -0.3 is 10.5 Å². The lowest BCUT2D eigenvalue weighted by atomic mass is 9.61. The van der Waals surface area contributed by atoms with Gasteiger partial charge in [-0.2, -0.15) is 0 Å². The monoisotopic (exact) mass is 436 g/mol. The summed E-state index contributed by atoms with van der Waals surface area (Å²) in [4.78, 5) is 0. The first-order valence-electron chi connectivity index (χ1n) is 12.2. The van der Waals surface area contributed by atoms with Gasteiger partial charge in [0.2, 0.25) is 0 Å². The first-order valence-corrected chi connectivity index (χ1v) is 12.2. The number of nitrogens with one attached hydrogen (secondary N) is 2. The summed E-state index contributed by atoms with van der Waals surface area (Å²) in [5, 5.41) is 10.2. The molecule has 162 valence electrons. The van der Waals surface area contributed by atoms with Gasteiger partial charge >= 0.3 is 6.98 Å². The van der Waals surface area contributed by atoms with Crippen LogP contribution >= 0.6 is 0 Å². The molecule has 5 aromatic rings. The van der Waals surface area contributed by atoms with Gasteiger partial charge in [-0.3, -0.25) is 0 Å². The molecule has 0 unspecified atom stereocenters. The Morgan fingerprint density at radius 3 is 1.88 bits per heavy atom. The van der Waals surface area contributed by atoms with Crippen LogP contribution in [0.2, 0.25) is 0 Å². The zero-order valence-corrected chi connectivity index (χ0v) is 19.0. The first-order chi connectivity index (χ1) is 16.9. The minimum atomic E-state index is -0.0101. The maximum atomic E-state index is 3.85. The molecule has 0 saturated heterocycles. The van der Waals surface area contributed by atoms with E-state index in [9.17, 15) is 0 Å². The SMILES string of the molecule is c1ccc(-c2cc(B3Nc4cccc5cccc(c45)N3)c(-c3ccccc3)c3c2CCC3)cc1. The summed E-state index contributed by atoms with van der Waals surface area (Å²) < 4.78 is 0. The number of hydrogen-bond donors (Lipinski definition) is 2. The van der Waals surface area contributed by atoms with E-state index < -0.39 is 0 Å². The average Bonchev–Trinajstić information content (AvgIpc) is 3.39. The van der Waals surface area contributed by atoms with Crippen molar-refractivity contribution in [2.75, 3.05) is 10.5 Å². The summed E-state index contributed by atoms with van der Waals surface area (Å²) in [6.07, 6.45) is 3.49. The fourth-order valence-electron chi connectivity index (χ4n) is 5.94. The van der Waals surface area contributed by atoms with Crippen LogP contribution in [0, 0.1) is 0 Å². The van der Waals surface area contributed by atoms with E-state index in [0.29, 0.717) is 0 Å². The Balaban J connectivity index is 1.47. The normalized spacial score (nSPS) is 13.9. The molecule has 3 heteroatoms. The molecule has 5 aromatic carbocycles. The van der Waals surface area contributed by atoms with Crippen molar-refractivity contribution in [2.24, 2.45) is 0 Å². The Morgan fingerprint density at radius 2 is 1.21 bits per heavy atom. The van der Waals surface area contributed by atoms with Gasteiger partial charge in [-0.25, -0.2) is 0 Å². The molecule has 0 radical (unpaired) electrons. The second kappa shape index (κ2) is 7.81. The third kappa shape index (κ3) is 3.04. The van der Waals surface area contributed by atoms with Gasteiger partial charge in [0.1, 0.15) is 0 Å². The van der Waals surface area contributed by atoms with Crippen molar-refractivity contribution in [1.82, 2.24) is 0 Å². The van der Waals surface area contributed by atoms with Crippen LogP contribution in [0.1, 0.15) is 17.5 Å². The van der Waals surface area contributed by atoms with Crippen LogP contribution in [-0.2, 0) is 12.8 Å². The lowest BCUT2D eigenvalue weighted by Crippen LogP contribution is -2.49. The van der Waals surface area contributed by atoms with Gasteiger partial charge in [-0.15, -0.1) is 0 Å². The zero-order valence-electron chi connectivity index (χ0n) is 19.0. The molecule has 2 nitrogen and oxygen atoms in total. The van der Waals surface area contributed by atoms with Gasteiger partial charge in [0.05, 0.1) is 0 Å². The van der Waals surface area contributed by atoms with E-state index in [0.717, 1.165) is 12.8 Å². The van der Waals surface area contributed by atoms with Crippen LogP contribution in [0.4, 0.5) is 11.4 Å². The highest BCUT2D eigenvalue weighted by Gasteiger charge is 2.32. The van der Waals surface area contributed by atoms with Crippen molar-refractivity contribution in [3.8, 4) is 22.3 Å². The molecule has 0 bridgehead atoms. The molecule has 0 atom stereocenters. The van der Waals surface area contributed by atoms with Crippen LogP contribution in [0.25, 0.3) is 33.0 Å². The second-order valence-corrected chi connectivity index (χ2v) is 9.36. The highest BCUT2D eigenvalue weighted by molar-refractivity contribution is 6.81. The summed E-state index contributed by atoms with van der Waals surface area (Å²) in [5.41, 5.74) is 12.1. The third-order valence-corrected chi connectivity index (χ3v) is 7.40. The number of rotatable bonds is 3. The predicted octanol–water partition coefficient (Wildman–Crippen LogP) is 6.90. The Morgan fingerprint density at radius 1 is 0.588 bits per heavy atom. The molecule has 0 saturated carbocycles. The average molecular weight is 436 g/mol. The lowest BCUT2D eigenvalue weighted by molar-refractivity contribution is 0.913. The maximum absolute atomic E-state index is 3.85. The molecule has 1 aliphatic heterocycles. The molecule has 34 heavy (non-hydrogen) atoms. The Hall–Kier alpha value is -3.98. The Kier molecular flexibility index (Phi) is 4.48. The van der Waals surface area contributed by atoms with E-state index in [1.54, 1.807) is 0 Å². The van der Waals surface area contributed by atoms with E-state index in [-0.39, 0.29) is 6.98 Å². The second-order valence-electron chi connectivity index (χ2n) is 9.36. The molecular weight excluding hydrogens is 411 g/mol. The van der Waals surface area contributed by atoms with Crippen LogP contribution in [0.3, 0.4) is 0 Å². The summed E-state index contributed by atoms with van der Waals surface area (Å²) in [7, 11) is 0. The van der Waals surface area contributed by atoms with Gasteiger partial charge in [-0.1, -0.05) is 91.0 Å². The molecule has 2 aliphatic rings. The summed E-state index contributed by atoms with van der Waals surface area (Å²) in [5.74, 6) is 0. The van der Waals surface area contributed by atoms with Crippen molar-refractivity contribution in [3.63, 3.8) is 0 Å². The Labute approximate surface area is 200 Å². The van der Waals surface area contributed by atoms with Crippen LogP contribution in [0.15, 0.2) is 103 Å². The largest absolute Gasteiger partial charge is 0.406 e. The number of fused-ring (bicyclic) bond motifs is 1. The molecule has 0 fully saturated rings. The van der Waals surface area contributed by atoms with Gasteiger partial charge in [0.15, 0.2) is 0 Å². The van der Waals surface area contributed by atoms with Gasteiger partial charge in [0.25, 0.3) is 0 Å². The summed E-state index contributed by atoms with van der Waals surface area (Å²) >= 11 is 0. The molecule has 1 aliphatic carbocycles. The quantitative estimate of drug-likeness (QED) is 0.301. The number of anilines is 2. The third-order valence-electron chi connectivity index (χ3n) is 7.40. The van der Waals surface area contributed by atoms with Crippen LogP contribution in [-0.4, -0.2) is 6.98 Å². The van der Waals surface area contributed by atoms with E-state index >= 15 is 0 Å². The fraction of sp³-hybridized carbons (Fsp3) is 0.0968. The smallest absolute Gasteiger partial charge is 0.405 e. The first kappa shape index (κ1) is 19.5. The molecule has 0 amide bonds. The van der Waals surface area contributed by atoms with Crippen molar-refractivity contribution in [2.45, 2.75) is 19.3 Å². The Bertz CT molecular complexity index is 1490. The topological polar surface area (TPSA) is 24.1 Å². The van der Waals surface area contributed by atoms with Crippen molar-refractivity contribution in [3.05, 3.63) is 114 Å². The maximum Gasteiger partial charge on any atom is 0.406 e. The van der Waals surface area contributed by atoms with Crippen molar-refractivity contribution >= 4 is 34.6 Å². The molecule has 0 aromatic heterocycles. The van der Waals surface area contributed by atoms with Gasteiger partial charge in [-0.05, 0) is 75.6 Å². The number of benzene rings is 5. The van der Waals surface area contributed by atoms with E-state index in [1.165, 1.54) is 67.4 Å². The van der Waals surface area contributed by atoms with Crippen molar-refractivity contribution in [1.29, 1.82) is 0 Å². The van der Waals surface area contributed by atoms with Crippen LogP contribution < -0.4 is 15.9 Å². The van der Waals surface area contributed by atoms with Crippen LogP contribution in [0.5, 0.6) is 0 Å². The van der Waals surface area contributed by atoms with Gasteiger partial charge in [0, 0.05) is 16.8 Å². The molecular formula is C31H25BN2. The molecule has 1 heterocycles. The zero-order chi connectivity index (χ0) is 22.5. The highest BCUT2D eigenvalue weighted by atomic mass is 15.0. The van der Waals surface area contributed by atoms with E-state index in [4.69, 9.17) is 0 Å². The highest BCUT2D eigenvalue weighted by Crippen LogP contribution is 2.39. The fourth-order valence-corrected chi connectivity index (χ4v) is 5.94. The molecule has 7 rings (SSSR count). The number of hydrogen-bond acceptors (Lipinski definition) is 2. The molecule has 0 spiro atoms. The van der Waals surface area contributed by atoms with Crippen molar-refractivity contribution < 1.29 is 0 Å². The van der Waals surface area contributed by atoms with E-state index in [1.807, 2.05) is 0 Å². The minimum Gasteiger partial charge on any atom is -0.405 e.